The van der Waals surface area contributed by atoms with Crippen molar-refractivity contribution in [3.05, 3.63) is 71.1 Å². The quantitative estimate of drug-likeness (QED) is 0.0814. The van der Waals surface area contributed by atoms with Gasteiger partial charge in [-0.1, -0.05) is 11.3 Å². The third-order valence-corrected chi connectivity index (χ3v) is 12.0. The molecule has 2 N–H and O–H groups in total. The number of thiophene rings is 2. The van der Waals surface area contributed by atoms with E-state index < -0.39 is 41.0 Å². The van der Waals surface area contributed by atoms with Crippen LogP contribution in [0.2, 0.25) is 0 Å². The third kappa shape index (κ3) is 9.51. The van der Waals surface area contributed by atoms with Crippen molar-refractivity contribution in [2.45, 2.75) is 56.8 Å². The van der Waals surface area contributed by atoms with Crippen LogP contribution in [0.25, 0.3) is 10.2 Å². The van der Waals surface area contributed by atoms with Gasteiger partial charge in [-0.25, -0.2) is 9.59 Å². The summed E-state index contributed by atoms with van der Waals surface area (Å²) in [6.07, 6.45) is -10.3. The molecule has 4 aromatic rings. The van der Waals surface area contributed by atoms with E-state index in [1.807, 2.05) is 35.4 Å². The second-order valence-corrected chi connectivity index (χ2v) is 16.2. The highest BCUT2D eigenvalue weighted by atomic mass is 32.1. The molecule has 1 aromatic carbocycles. The van der Waals surface area contributed by atoms with Crippen molar-refractivity contribution in [1.82, 2.24) is 20.1 Å². The van der Waals surface area contributed by atoms with E-state index in [-0.39, 0.29) is 40.4 Å². The van der Waals surface area contributed by atoms with Crippen molar-refractivity contribution in [2.24, 2.45) is 0 Å². The van der Waals surface area contributed by atoms with Crippen LogP contribution >= 0.6 is 34.0 Å². The number of halogens is 6. The number of fused-ring (bicyclic) bond motifs is 1. The number of H-pyrrole nitrogens is 1. The number of ether oxygens (including phenoxy) is 3. The number of amides is 1. The monoisotopic (exact) mass is 820 g/mol. The Hall–Kier alpha value is -3.82. The molecule has 0 bridgehead atoms. The number of aromatic nitrogens is 1. The summed E-state index contributed by atoms with van der Waals surface area (Å²) >= 11 is 3.51. The number of carbonyl (C=O) groups excluding carboxylic acids is 3. The maximum absolute atomic E-state index is 13.2. The van der Waals surface area contributed by atoms with Gasteiger partial charge in [-0.3, -0.25) is 14.5 Å². The molecule has 0 unspecified atom stereocenters. The Morgan fingerprint density at radius 1 is 1.02 bits per heavy atom. The summed E-state index contributed by atoms with van der Waals surface area (Å²) in [6.45, 7) is 5.81. The Balaban J connectivity index is 1.03. The molecule has 5 heterocycles. The number of likely N-dealkylation sites (tertiary alicyclic amines) is 1. The normalized spacial score (nSPS) is 17.2. The van der Waals surface area contributed by atoms with E-state index in [2.05, 4.69) is 19.9 Å². The molecule has 2 saturated heterocycles. The van der Waals surface area contributed by atoms with E-state index in [9.17, 15) is 45.5 Å². The van der Waals surface area contributed by atoms with Crippen LogP contribution in [0.3, 0.4) is 0 Å². The second-order valence-electron chi connectivity index (χ2n) is 13.0. The van der Waals surface area contributed by atoms with Gasteiger partial charge in [0.05, 0.1) is 28.3 Å². The van der Waals surface area contributed by atoms with Gasteiger partial charge in [0.15, 0.2) is 5.75 Å². The number of rotatable bonds is 11. The lowest BCUT2D eigenvalue weighted by molar-refractivity contribution is -0.205. The van der Waals surface area contributed by atoms with Crippen molar-refractivity contribution >= 4 is 62.1 Å². The number of carbonyl (C=O) groups is 3. The molecule has 54 heavy (non-hydrogen) atoms. The van der Waals surface area contributed by atoms with Crippen LogP contribution in [0, 0.1) is 6.92 Å². The van der Waals surface area contributed by atoms with E-state index in [4.69, 9.17) is 9.47 Å². The SMILES string of the molecule is Cc1ccc(C(=O)N2CCOC3(CCN(Cc4cc(CCNC[C@H](OC(=O)C(F)(F)F)c5ccc(OC(=O)C(F)(F)F)c6[nH]c(=O)sc56)cs4)CC3)C2)s1. The number of thiazole rings is 1. The maximum Gasteiger partial charge on any atom is 0.491 e. The first-order valence-corrected chi connectivity index (χ1v) is 19.2. The predicted octanol–water partition coefficient (Wildman–Crippen LogP) is 5.97. The van der Waals surface area contributed by atoms with Gasteiger partial charge in [0.2, 0.25) is 0 Å². The standard InChI is InChI=1S/C34H34F6N4O7S3/c1-19-2-5-25(53-19)28(45)44-12-13-49-32(18-44)7-10-43(11-8-32)16-21-14-20(17-52-21)6-9-41-15-24(51-30(47)34(38,39)40)22-3-4-23(50-29(46)33(35,36)37)26-27(22)54-31(48)42-26/h2-5,14,17,24,41H,6-13,15-16,18H2,1H3,(H,42,48)/t24-/m0/s1. The zero-order valence-electron chi connectivity index (χ0n) is 28.6. The van der Waals surface area contributed by atoms with Crippen LogP contribution in [-0.4, -0.2) is 96.5 Å². The van der Waals surface area contributed by atoms with Gasteiger partial charge >= 0.3 is 29.2 Å². The molecule has 2 fully saturated rings. The highest BCUT2D eigenvalue weighted by Gasteiger charge is 2.44. The zero-order valence-corrected chi connectivity index (χ0v) is 31.0. The number of nitrogens with zero attached hydrogens (tertiary/aromatic N) is 2. The Labute approximate surface area is 315 Å². The summed E-state index contributed by atoms with van der Waals surface area (Å²) in [5.41, 5.74) is 0.120. The van der Waals surface area contributed by atoms with E-state index >= 15 is 0 Å². The Bertz CT molecular complexity index is 2050. The second kappa shape index (κ2) is 16.1. The van der Waals surface area contributed by atoms with Gasteiger partial charge in [-0.2, -0.15) is 26.3 Å². The number of hydrogen-bond donors (Lipinski definition) is 2. The fourth-order valence-electron chi connectivity index (χ4n) is 6.41. The summed E-state index contributed by atoms with van der Waals surface area (Å²) in [6, 6.07) is 7.77. The van der Waals surface area contributed by atoms with Gasteiger partial charge in [-0.05, 0) is 74.0 Å². The Morgan fingerprint density at radius 2 is 1.76 bits per heavy atom. The molecule has 20 heteroatoms. The van der Waals surface area contributed by atoms with Gasteiger partial charge in [0.1, 0.15) is 11.6 Å². The van der Waals surface area contributed by atoms with Gasteiger partial charge in [-0.15, -0.1) is 22.7 Å². The number of hydrogen-bond acceptors (Lipinski definition) is 12. The number of benzene rings is 1. The molecule has 11 nitrogen and oxygen atoms in total. The lowest BCUT2D eigenvalue weighted by Gasteiger charge is -2.47. The van der Waals surface area contributed by atoms with Crippen LogP contribution in [0.5, 0.6) is 5.75 Å². The average Bonchev–Trinajstić information content (AvgIpc) is 3.86. The number of piperidine rings is 1. The fraction of sp³-hybridized carbons (Fsp3) is 0.471. The molecule has 0 saturated carbocycles. The van der Waals surface area contributed by atoms with Crippen LogP contribution in [0.4, 0.5) is 26.3 Å². The van der Waals surface area contributed by atoms with E-state index in [1.165, 1.54) is 11.3 Å². The first kappa shape index (κ1) is 39.9. The summed E-state index contributed by atoms with van der Waals surface area (Å²) in [7, 11) is 0. The van der Waals surface area contributed by atoms with Gasteiger partial charge in [0.25, 0.3) is 5.91 Å². The summed E-state index contributed by atoms with van der Waals surface area (Å²) < 4.78 is 93.3. The van der Waals surface area contributed by atoms with Crippen LogP contribution in [0.15, 0.2) is 40.5 Å². The largest absolute Gasteiger partial charge is 0.491 e. The molecule has 3 aromatic heterocycles. The molecule has 1 amide bonds. The first-order chi connectivity index (χ1) is 25.5. The van der Waals surface area contributed by atoms with Gasteiger partial charge in [0, 0.05) is 48.0 Å². The maximum atomic E-state index is 13.2. The molecule has 1 atom stereocenters. The molecule has 0 aliphatic carbocycles. The lowest BCUT2D eigenvalue weighted by atomic mass is 9.89. The first-order valence-electron chi connectivity index (χ1n) is 16.7. The van der Waals surface area contributed by atoms with Crippen LogP contribution in [-0.2, 0) is 32.0 Å². The van der Waals surface area contributed by atoms with Crippen molar-refractivity contribution in [2.75, 3.05) is 45.9 Å². The molecule has 2 aliphatic rings. The number of aromatic amines is 1. The minimum absolute atomic E-state index is 0.0405. The number of aryl methyl sites for hydroxylation is 1. The highest BCUT2D eigenvalue weighted by Crippen LogP contribution is 2.36. The van der Waals surface area contributed by atoms with Crippen LogP contribution < -0.4 is 14.9 Å². The van der Waals surface area contributed by atoms with E-state index in [0.717, 1.165) is 58.3 Å². The Morgan fingerprint density at radius 3 is 2.44 bits per heavy atom. The average molecular weight is 821 g/mol. The number of esters is 2. The molecular weight excluding hydrogens is 787 g/mol. The minimum atomic E-state index is -5.35. The highest BCUT2D eigenvalue weighted by molar-refractivity contribution is 7.16. The summed E-state index contributed by atoms with van der Waals surface area (Å²) in [5.74, 6) is -5.70. The molecule has 0 radical (unpaired) electrons. The summed E-state index contributed by atoms with van der Waals surface area (Å²) in [4.78, 5) is 57.1. The smallest absolute Gasteiger partial charge is 0.449 e. The van der Waals surface area contributed by atoms with E-state index in [0.29, 0.717) is 44.0 Å². The van der Waals surface area contributed by atoms with Gasteiger partial charge < -0.3 is 29.4 Å². The minimum Gasteiger partial charge on any atom is -0.449 e. The Kier molecular flexibility index (Phi) is 11.9. The van der Waals surface area contributed by atoms with Crippen molar-refractivity contribution in [3.63, 3.8) is 0 Å². The van der Waals surface area contributed by atoms with Crippen molar-refractivity contribution in [1.29, 1.82) is 0 Å². The summed E-state index contributed by atoms with van der Waals surface area (Å²) in [5, 5.41) is 4.94. The molecule has 1 spiro atoms. The molecule has 292 valence electrons. The number of alkyl halides is 6. The third-order valence-electron chi connectivity index (χ3n) is 9.10. The van der Waals surface area contributed by atoms with E-state index in [1.54, 1.807) is 11.3 Å². The topological polar surface area (TPSA) is 130 Å². The lowest BCUT2D eigenvalue weighted by Crippen LogP contribution is -2.57. The predicted molar refractivity (Wildman–Crippen MR) is 188 cm³/mol. The van der Waals surface area contributed by atoms with Crippen molar-refractivity contribution < 1.29 is 54.9 Å². The molecule has 2 aliphatic heterocycles. The fourth-order valence-corrected chi connectivity index (χ4v) is 9.12. The van der Waals surface area contributed by atoms with Crippen molar-refractivity contribution in [3.8, 4) is 5.75 Å². The zero-order chi connectivity index (χ0) is 38.8. The number of nitrogens with one attached hydrogen (secondary N) is 2. The number of morpholine rings is 1. The molecular formula is C34H34F6N4O7S3. The molecule has 6 rings (SSSR count). The van der Waals surface area contributed by atoms with Crippen LogP contribution in [0.1, 0.15) is 49.5 Å².